The zero-order valence-electron chi connectivity index (χ0n) is 12.1. The summed E-state index contributed by atoms with van der Waals surface area (Å²) in [6.07, 6.45) is 7.34. The number of rotatable bonds is 3. The van der Waals surface area contributed by atoms with Crippen molar-refractivity contribution < 1.29 is 4.79 Å². The SMILES string of the molecule is CC1CCNC(C(=O)Nc2ccccc2-n2ccnc2)C1. The van der Waals surface area contributed by atoms with Crippen LogP contribution in [0.1, 0.15) is 19.8 Å². The summed E-state index contributed by atoms with van der Waals surface area (Å²) in [5.41, 5.74) is 1.73. The lowest BCUT2D eigenvalue weighted by atomic mass is 9.94. The molecule has 3 rings (SSSR count). The van der Waals surface area contributed by atoms with E-state index in [0.717, 1.165) is 30.8 Å². The molecule has 1 aromatic carbocycles. The van der Waals surface area contributed by atoms with Gasteiger partial charge in [0.05, 0.1) is 23.7 Å². The standard InChI is InChI=1S/C16H20N4O/c1-12-6-7-18-14(10-12)16(21)19-13-4-2-3-5-15(13)20-9-8-17-11-20/h2-5,8-9,11-12,14,18H,6-7,10H2,1H3,(H,19,21). The van der Waals surface area contributed by atoms with Gasteiger partial charge in [0.15, 0.2) is 0 Å². The summed E-state index contributed by atoms with van der Waals surface area (Å²) in [7, 11) is 0. The molecule has 0 spiro atoms. The topological polar surface area (TPSA) is 59.0 Å². The van der Waals surface area contributed by atoms with Gasteiger partial charge in [-0.25, -0.2) is 4.98 Å². The number of carbonyl (C=O) groups excluding carboxylic acids is 1. The first kappa shape index (κ1) is 13.8. The molecule has 0 saturated carbocycles. The van der Waals surface area contributed by atoms with Gasteiger partial charge >= 0.3 is 0 Å². The smallest absolute Gasteiger partial charge is 0.241 e. The fourth-order valence-electron chi connectivity index (χ4n) is 2.73. The molecule has 1 aromatic heterocycles. The van der Waals surface area contributed by atoms with Gasteiger partial charge in [-0.1, -0.05) is 19.1 Å². The number of anilines is 1. The quantitative estimate of drug-likeness (QED) is 0.908. The van der Waals surface area contributed by atoms with Crippen molar-refractivity contribution in [2.24, 2.45) is 5.92 Å². The molecule has 2 heterocycles. The van der Waals surface area contributed by atoms with Crippen LogP contribution in [0.5, 0.6) is 0 Å². The van der Waals surface area contributed by atoms with Crippen molar-refractivity contribution in [3.63, 3.8) is 0 Å². The minimum Gasteiger partial charge on any atom is -0.323 e. The van der Waals surface area contributed by atoms with E-state index in [4.69, 9.17) is 0 Å². The predicted molar refractivity (Wildman–Crippen MR) is 82.4 cm³/mol. The third kappa shape index (κ3) is 3.13. The minimum atomic E-state index is -0.107. The minimum absolute atomic E-state index is 0.0362. The van der Waals surface area contributed by atoms with Crippen molar-refractivity contribution in [1.82, 2.24) is 14.9 Å². The Morgan fingerprint density at radius 2 is 2.29 bits per heavy atom. The van der Waals surface area contributed by atoms with Gasteiger partial charge in [-0.3, -0.25) is 4.79 Å². The Balaban J connectivity index is 1.77. The largest absolute Gasteiger partial charge is 0.323 e. The molecule has 2 atom stereocenters. The normalized spacial score (nSPS) is 22.0. The van der Waals surface area contributed by atoms with Crippen LogP contribution in [0.2, 0.25) is 0 Å². The maximum Gasteiger partial charge on any atom is 0.241 e. The summed E-state index contributed by atoms with van der Waals surface area (Å²) in [6.45, 7) is 3.10. The number of nitrogens with one attached hydrogen (secondary N) is 2. The number of piperidine rings is 1. The molecule has 1 fully saturated rings. The van der Waals surface area contributed by atoms with E-state index in [-0.39, 0.29) is 11.9 Å². The van der Waals surface area contributed by atoms with Crippen molar-refractivity contribution in [2.45, 2.75) is 25.8 Å². The van der Waals surface area contributed by atoms with Gasteiger partial charge in [-0.2, -0.15) is 0 Å². The third-order valence-corrected chi connectivity index (χ3v) is 3.93. The molecule has 5 nitrogen and oxygen atoms in total. The first-order valence-electron chi connectivity index (χ1n) is 7.35. The summed E-state index contributed by atoms with van der Waals surface area (Å²) in [5, 5.41) is 6.33. The fraction of sp³-hybridized carbons (Fsp3) is 0.375. The zero-order valence-corrected chi connectivity index (χ0v) is 12.1. The van der Waals surface area contributed by atoms with Gasteiger partial charge in [-0.05, 0) is 37.4 Å². The van der Waals surface area contributed by atoms with Crippen LogP contribution in [0.3, 0.4) is 0 Å². The Kier molecular flexibility index (Phi) is 4.01. The molecule has 0 aliphatic carbocycles. The van der Waals surface area contributed by atoms with Gasteiger partial charge in [0, 0.05) is 12.4 Å². The molecular formula is C16H20N4O. The first-order valence-corrected chi connectivity index (χ1v) is 7.35. The summed E-state index contributed by atoms with van der Waals surface area (Å²) in [4.78, 5) is 16.5. The van der Waals surface area contributed by atoms with E-state index < -0.39 is 0 Å². The Labute approximate surface area is 124 Å². The lowest BCUT2D eigenvalue weighted by Crippen LogP contribution is -2.45. The van der Waals surface area contributed by atoms with Gasteiger partial charge in [0.25, 0.3) is 0 Å². The van der Waals surface area contributed by atoms with E-state index in [1.807, 2.05) is 35.0 Å². The van der Waals surface area contributed by atoms with Crippen molar-refractivity contribution in [3.8, 4) is 5.69 Å². The number of hydrogen-bond acceptors (Lipinski definition) is 3. The molecule has 1 aliphatic heterocycles. The highest BCUT2D eigenvalue weighted by Gasteiger charge is 2.24. The maximum atomic E-state index is 12.4. The Morgan fingerprint density at radius 3 is 3.05 bits per heavy atom. The summed E-state index contributed by atoms with van der Waals surface area (Å²) in [6, 6.07) is 7.65. The average molecular weight is 284 g/mol. The lowest BCUT2D eigenvalue weighted by Gasteiger charge is -2.27. The zero-order chi connectivity index (χ0) is 14.7. The van der Waals surface area contributed by atoms with Crippen LogP contribution >= 0.6 is 0 Å². The van der Waals surface area contributed by atoms with Gasteiger partial charge < -0.3 is 15.2 Å². The van der Waals surface area contributed by atoms with E-state index in [9.17, 15) is 4.79 Å². The molecule has 1 amide bonds. The summed E-state index contributed by atoms with van der Waals surface area (Å²) >= 11 is 0. The van der Waals surface area contributed by atoms with Gasteiger partial charge in [0.1, 0.15) is 0 Å². The molecule has 2 unspecified atom stereocenters. The number of amides is 1. The van der Waals surface area contributed by atoms with E-state index in [0.29, 0.717) is 5.92 Å². The molecule has 0 radical (unpaired) electrons. The van der Waals surface area contributed by atoms with Crippen molar-refractivity contribution in [3.05, 3.63) is 43.0 Å². The molecule has 2 N–H and O–H groups in total. The average Bonchev–Trinajstić information content (AvgIpc) is 3.02. The van der Waals surface area contributed by atoms with Crippen LogP contribution in [0, 0.1) is 5.92 Å². The van der Waals surface area contributed by atoms with Gasteiger partial charge in [0.2, 0.25) is 5.91 Å². The van der Waals surface area contributed by atoms with E-state index in [1.54, 1.807) is 12.5 Å². The number of para-hydroxylation sites is 2. The van der Waals surface area contributed by atoms with Crippen LogP contribution in [0.15, 0.2) is 43.0 Å². The second-order valence-corrected chi connectivity index (χ2v) is 5.61. The Bertz CT molecular complexity index is 608. The second-order valence-electron chi connectivity index (χ2n) is 5.61. The second kappa shape index (κ2) is 6.10. The molecule has 0 bridgehead atoms. The van der Waals surface area contributed by atoms with Crippen molar-refractivity contribution in [2.75, 3.05) is 11.9 Å². The molecule has 1 saturated heterocycles. The Morgan fingerprint density at radius 1 is 1.43 bits per heavy atom. The van der Waals surface area contributed by atoms with Crippen LogP contribution in [-0.4, -0.2) is 28.0 Å². The highest BCUT2D eigenvalue weighted by Crippen LogP contribution is 2.21. The number of imidazole rings is 1. The number of benzene rings is 1. The summed E-state index contributed by atoms with van der Waals surface area (Å²) in [5.74, 6) is 0.625. The third-order valence-electron chi connectivity index (χ3n) is 3.93. The molecule has 1 aliphatic rings. The molecular weight excluding hydrogens is 264 g/mol. The summed E-state index contributed by atoms with van der Waals surface area (Å²) < 4.78 is 1.90. The highest BCUT2D eigenvalue weighted by molar-refractivity contribution is 5.96. The monoisotopic (exact) mass is 284 g/mol. The van der Waals surface area contributed by atoms with Crippen LogP contribution in [-0.2, 0) is 4.79 Å². The van der Waals surface area contributed by atoms with Crippen LogP contribution in [0.4, 0.5) is 5.69 Å². The van der Waals surface area contributed by atoms with E-state index in [1.165, 1.54) is 0 Å². The predicted octanol–water partition coefficient (Wildman–Crippen LogP) is 2.20. The Hall–Kier alpha value is -2.14. The molecule has 2 aromatic rings. The van der Waals surface area contributed by atoms with Gasteiger partial charge in [-0.15, -0.1) is 0 Å². The molecule has 110 valence electrons. The number of carbonyl (C=O) groups is 1. The lowest BCUT2D eigenvalue weighted by molar-refractivity contribution is -0.119. The molecule has 21 heavy (non-hydrogen) atoms. The van der Waals surface area contributed by atoms with Crippen molar-refractivity contribution >= 4 is 11.6 Å². The van der Waals surface area contributed by atoms with E-state index >= 15 is 0 Å². The molecule has 5 heteroatoms. The number of hydrogen-bond donors (Lipinski definition) is 2. The number of nitrogens with zero attached hydrogens (tertiary/aromatic N) is 2. The van der Waals surface area contributed by atoms with Crippen LogP contribution < -0.4 is 10.6 Å². The maximum absolute atomic E-state index is 12.4. The number of aromatic nitrogens is 2. The van der Waals surface area contributed by atoms with E-state index in [2.05, 4.69) is 22.5 Å². The van der Waals surface area contributed by atoms with Crippen molar-refractivity contribution in [1.29, 1.82) is 0 Å². The van der Waals surface area contributed by atoms with Crippen LogP contribution in [0.25, 0.3) is 5.69 Å². The first-order chi connectivity index (χ1) is 10.2. The fourth-order valence-corrected chi connectivity index (χ4v) is 2.73. The highest BCUT2D eigenvalue weighted by atomic mass is 16.2.